The Labute approximate surface area is 85.9 Å². The number of hydrogen-bond donors (Lipinski definition) is 1. The van der Waals surface area contributed by atoms with E-state index in [0.29, 0.717) is 26.4 Å². The maximum Gasteiger partial charge on any atom is 0.0984 e. The highest BCUT2D eigenvalue weighted by atomic mass is 16.6. The lowest BCUT2D eigenvalue weighted by molar-refractivity contribution is -0.110. The highest BCUT2D eigenvalue weighted by Crippen LogP contribution is 2.06. The van der Waals surface area contributed by atoms with Crippen LogP contribution in [0.2, 0.25) is 0 Å². The van der Waals surface area contributed by atoms with Crippen molar-refractivity contribution in [2.75, 3.05) is 39.6 Å². The summed E-state index contributed by atoms with van der Waals surface area (Å²) in [5, 5.41) is 3.36. The van der Waals surface area contributed by atoms with E-state index in [1.807, 2.05) is 6.92 Å². The van der Waals surface area contributed by atoms with E-state index in [1.54, 1.807) is 0 Å². The van der Waals surface area contributed by atoms with Crippen molar-refractivity contribution in [3.05, 3.63) is 0 Å². The second kappa shape index (κ2) is 7.17. The molecule has 1 fully saturated rings. The van der Waals surface area contributed by atoms with Crippen LogP contribution in [-0.4, -0.2) is 51.7 Å². The summed E-state index contributed by atoms with van der Waals surface area (Å²) in [6.45, 7) is 8.53. The Bertz CT molecular complexity index is 137. The maximum atomic E-state index is 5.62. The first-order valence-electron chi connectivity index (χ1n) is 5.39. The van der Waals surface area contributed by atoms with Crippen LogP contribution in [0, 0.1) is 0 Å². The fourth-order valence-electron chi connectivity index (χ4n) is 1.54. The molecule has 0 amide bonds. The average molecular weight is 203 g/mol. The van der Waals surface area contributed by atoms with Crippen LogP contribution in [0.4, 0.5) is 0 Å². The summed E-state index contributed by atoms with van der Waals surface area (Å²) in [7, 11) is 0. The first-order chi connectivity index (χ1) is 6.88. The van der Waals surface area contributed by atoms with Gasteiger partial charge >= 0.3 is 0 Å². The first-order valence-corrected chi connectivity index (χ1v) is 5.39. The minimum atomic E-state index is 0.134. The van der Waals surface area contributed by atoms with Crippen molar-refractivity contribution in [3.63, 3.8) is 0 Å². The van der Waals surface area contributed by atoms with Crippen LogP contribution < -0.4 is 5.32 Å². The van der Waals surface area contributed by atoms with E-state index in [9.17, 15) is 0 Å². The Morgan fingerprint density at radius 2 is 2.29 bits per heavy atom. The average Bonchev–Trinajstić information content (AvgIpc) is 2.25. The van der Waals surface area contributed by atoms with Crippen LogP contribution in [0.5, 0.6) is 0 Å². The van der Waals surface area contributed by atoms with Gasteiger partial charge in [-0.15, -0.1) is 0 Å². The lowest BCUT2D eigenvalue weighted by Crippen LogP contribution is -2.49. The molecule has 0 aromatic carbocycles. The van der Waals surface area contributed by atoms with E-state index in [-0.39, 0.29) is 12.1 Å². The molecule has 0 aromatic heterocycles. The van der Waals surface area contributed by atoms with Crippen molar-refractivity contribution < 1.29 is 14.2 Å². The summed E-state index contributed by atoms with van der Waals surface area (Å²) in [5.41, 5.74) is 0. The smallest absolute Gasteiger partial charge is 0.0984 e. The minimum Gasteiger partial charge on any atom is -0.380 e. The third-order valence-electron chi connectivity index (χ3n) is 2.26. The van der Waals surface area contributed by atoms with E-state index in [0.717, 1.165) is 13.2 Å². The standard InChI is InChI=1S/C10H21NO3/c1-3-11-9(7-12-4-2)10-8-13-5-6-14-10/h9-11H,3-8H2,1-2H3. The van der Waals surface area contributed by atoms with Gasteiger partial charge in [0.2, 0.25) is 0 Å². The topological polar surface area (TPSA) is 39.7 Å². The fraction of sp³-hybridized carbons (Fsp3) is 1.00. The van der Waals surface area contributed by atoms with Gasteiger partial charge in [-0.25, -0.2) is 0 Å². The highest BCUT2D eigenvalue weighted by molar-refractivity contribution is 4.78. The quantitative estimate of drug-likeness (QED) is 0.679. The predicted molar refractivity (Wildman–Crippen MR) is 54.5 cm³/mol. The van der Waals surface area contributed by atoms with Gasteiger partial charge in [0.15, 0.2) is 0 Å². The SMILES string of the molecule is CCNC(COCC)C1COCCO1. The Balaban J connectivity index is 2.30. The van der Waals surface area contributed by atoms with Gasteiger partial charge in [0.1, 0.15) is 0 Å². The zero-order valence-corrected chi connectivity index (χ0v) is 9.12. The summed E-state index contributed by atoms with van der Waals surface area (Å²) in [5.74, 6) is 0. The van der Waals surface area contributed by atoms with E-state index in [2.05, 4.69) is 12.2 Å². The molecule has 14 heavy (non-hydrogen) atoms. The summed E-state index contributed by atoms with van der Waals surface area (Å²) < 4.78 is 16.4. The molecule has 0 saturated carbocycles. The molecule has 2 unspecified atom stereocenters. The molecule has 1 aliphatic rings. The van der Waals surface area contributed by atoms with Gasteiger partial charge in [-0.1, -0.05) is 6.92 Å². The molecular formula is C10H21NO3. The Morgan fingerprint density at radius 1 is 1.43 bits per heavy atom. The molecule has 84 valence electrons. The molecule has 0 aromatic rings. The Kier molecular flexibility index (Phi) is 6.10. The number of likely N-dealkylation sites (N-methyl/N-ethyl adjacent to an activating group) is 1. The summed E-state index contributed by atoms with van der Waals surface area (Å²) in [6, 6.07) is 0.250. The third kappa shape index (κ3) is 3.92. The molecule has 1 heterocycles. The van der Waals surface area contributed by atoms with Gasteiger partial charge in [0.25, 0.3) is 0 Å². The highest BCUT2D eigenvalue weighted by Gasteiger charge is 2.24. The van der Waals surface area contributed by atoms with Crippen LogP contribution in [0.15, 0.2) is 0 Å². The van der Waals surface area contributed by atoms with Crippen LogP contribution in [0.1, 0.15) is 13.8 Å². The molecule has 0 bridgehead atoms. The molecule has 1 N–H and O–H groups in total. The van der Waals surface area contributed by atoms with Gasteiger partial charge in [-0.2, -0.15) is 0 Å². The van der Waals surface area contributed by atoms with E-state index in [4.69, 9.17) is 14.2 Å². The zero-order valence-electron chi connectivity index (χ0n) is 9.12. The normalized spacial score (nSPS) is 24.9. The molecule has 1 saturated heterocycles. The van der Waals surface area contributed by atoms with Crippen molar-refractivity contribution in [1.29, 1.82) is 0 Å². The molecule has 1 rings (SSSR count). The Morgan fingerprint density at radius 3 is 2.86 bits per heavy atom. The van der Waals surface area contributed by atoms with Crippen LogP contribution in [0.25, 0.3) is 0 Å². The monoisotopic (exact) mass is 203 g/mol. The molecule has 4 heteroatoms. The maximum absolute atomic E-state index is 5.62. The molecule has 0 spiro atoms. The molecule has 2 atom stereocenters. The molecule has 1 aliphatic heterocycles. The van der Waals surface area contributed by atoms with E-state index < -0.39 is 0 Å². The lowest BCUT2D eigenvalue weighted by Gasteiger charge is -2.30. The number of nitrogens with one attached hydrogen (secondary N) is 1. The van der Waals surface area contributed by atoms with Crippen molar-refractivity contribution in [3.8, 4) is 0 Å². The van der Waals surface area contributed by atoms with Crippen LogP contribution >= 0.6 is 0 Å². The summed E-state index contributed by atoms with van der Waals surface area (Å²) in [6.07, 6.45) is 0.134. The predicted octanol–water partition coefficient (Wildman–Crippen LogP) is 0.416. The van der Waals surface area contributed by atoms with Gasteiger partial charge in [-0.3, -0.25) is 0 Å². The van der Waals surface area contributed by atoms with Crippen molar-refractivity contribution in [2.24, 2.45) is 0 Å². The van der Waals surface area contributed by atoms with Gasteiger partial charge < -0.3 is 19.5 Å². The largest absolute Gasteiger partial charge is 0.380 e. The van der Waals surface area contributed by atoms with E-state index in [1.165, 1.54) is 0 Å². The van der Waals surface area contributed by atoms with Gasteiger partial charge in [0.05, 0.1) is 38.6 Å². The number of hydrogen-bond acceptors (Lipinski definition) is 4. The third-order valence-corrected chi connectivity index (χ3v) is 2.26. The van der Waals surface area contributed by atoms with Crippen LogP contribution in [0.3, 0.4) is 0 Å². The molecule has 0 radical (unpaired) electrons. The van der Waals surface area contributed by atoms with Crippen molar-refractivity contribution >= 4 is 0 Å². The van der Waals surface area contributed by atoms with Gasteiger partial charge in [0, 0.05) is 6.61 Å². The Hall–Kier alpha value is -0.160. The minimum absolute atomic E-state index is 0.134. The van der Waals surface area contributed by atoms with Crippen molar-refractivity contribution in [2.45, 2.75) is 26.0 Å². The molecule has 0 aliphatic carbocycles. The van der Waals surface area contributed by atoms with Crippen molar-refractivity contribution in [1.82, 2.24) is 5.32 Å². The van der Waals surface area contributed by atoms with Crippen LogP contribution in [-0.2, 0) is 14.2 Å². The molecule has 4 nitrogen and oxygen atoms in total. The van der Waals surface area contributed by atoms with Gasteiger partial charge in [-0.05, 0) is 13.5 Å². The van der Waals surface area contributed by atoms with E-state index >= 15 is 0 Å². The zero-order chi connectivity index (χ0) is 10.2. The first kappa shape index (κ1) is 11.9. The second-order valence-electron chi connectivity index (χ2n) is 3.31. The number of ether oxygens (including phenoxy) is 3. The second-order valence-corrected chi connectivity index (χ2v) is 3.31. The lowest BCUT2D eigenvalue weighted by atomic mass is 10.1. The fourth-order valence-corrected chi connectivity index (χ4v) is 1.54. The number of rotatable bonds is 6. The summed E-state index contributed by atoms with van der Waals surface area (Å²) in [4.78, 5) is 0. The molecular weight excluding hydrogens is 182 g/mol. The summed E-state index contributed by atoms with van der Waals surface area (Å²) >= 11 is 0.